The second kappa shape index (κ2) is 6.61. The Morgan fingerprint density at radius 3 is 2.61 bits per heavy atom. The van der Waals surface area contributed by atoms with Gasteiger partial charge in [-0.15, -0.1) is 0 Å². The summed E-state index contributed by atoms with van der Waals surface area (Å²) in [5.41, 5.74) is 9.77. The summed E-state index contributed by atoms with van der Waals surface area (Å²) in [7, 11) is 0. The Hall–Kier alpha value is -2.08. The SMILES string of the molecule is Cc1cc(C(=O)NCCCC(N)=O)ccc1NN. The van der Waals surface area contributed by atoms with E-state index >= 15 is 0 Å². The molecule has 6 N–H and O–H groups in total. The van der Waals surface area contributed by atoms with Crippen LogP contribution in [-0.2, 0) is 4.79 Å². The maximum Gasteiger partial charge on any atom is 0.251 e. The van der Waals surface area contributed by atoms with E-state index in [4.69, 9.17) is 11.6 Å². The number of nitrogens with two attached hydrogens (primary N) is 2. The smallest absolute Gasteiger partial charge is 0.251 e. The highest BCUT2D eigenvalue weighted by Crippen LogP contribution is 2.14. The summed E-state index contributed by atoms with van der Waals surface area (Å²) in [6.07, 6.45) is 0.817. The molecule has 0 bridgehead atoms. The molecular weight excluding hydrogens is 232 g/mol. The summed E-state index contributed by atoms with van der Waals surface area (Å²) in [4.78, 5) is 22.3. The van der Waals surface area contributed by atoms with Gasteiger partial charge in [0.25, 0.3) is 5.91 Å². The molecule has 0 heterocycles. The van der Waals surface area contributed by atoms with Crippen LogP contribution in [0.15, 0.2) is 18.2 Å². The second-order valence-corrected chi connectivity index (χ2v) is 4.00. The van der Waals surface area contributed by atoms with Crippen LogP contribution in [0.3, 0.4) is 0 Å². The van der Waals surface area contributed by atoms with Crippen molar-refractivity contribution >= 4 is 17.5 Å². The summed E-state index contributed by atoms with van der Waals surface area (Å²) < 4.78 is 0. The van der Waals surface area contributed by atoms with Crippen molar-refractivity contribution in [3.63, 3.8) is 0 Å². The van der Waals surface area contributed by atoms with Crippen molar-refractivity contribution in [1.29, 1.82) is 0 Å². The minimum absolute atomic E-state index is 0.175. The van der Waals surface area contributed by atoms with E-state index in [9.17, 15) is 9.59 Å². The van der Waals surface area contributed by atoms with Gasteiger partial charge in [0.2, 0.25) is 5.91 Å². The van der Waals surface area contributed by atoms with Crippen molar-refractivity contribution in [2.24, 2.45) is 11.6 Å². The maximum atomic E-state index is 11.8. The van der Waals surface area contributed by atoms with Gasteiger partial charge >= 0.3 is 0 Å². The predicted octanol–water partition coefficient (Wildman–Crippen LogP) is 0.276. The zero-order valence-corrected chi connectivity index (χ0v) is 10.3. The lowest BCUT2D eigenvalue weighted by Crippen LogP contribution is -2.25. The average Bonchev–Trinajstić information content (AvgIpc) is 2.34. The summed E-state index contributed by atoms with van der Waals surface area (Å²) >= 11 is 0. The van der Waals surface area contributed by atoms with Crippen molar-refractivity contribution in [2.45, 2.75) is 19.8 Å². The van der Waals surface area contributed by atoms with Crippen molar-refractivity contribution < 1.29 is 9.59 Å². The summed E-state index contributed by atoms with van der Waals surface area (Å²) in [5.74, 6) is 4.77. The minimum Gasteiger partial charge on any atom is -0.370 e. The Kier molecular flexibility index (Phi) is 5.13. The molecule has 6 heteroatoms. The first-order valence-corrected chi connectivity index (χ1v) is 5.68. The standard InChI is InChI=1S/C12H18N4O2/c1-8-7-9(4-5-10(8)16-14)12(18)15-6-2-3-11(13)17/h4-5,7,16H,2-3,6,14H2,1H3,(H2,13,17)(H,15,18). The Labute approximate surface area is 106 Å². The number of carbonyl (C=O) groups excluding carboxylic acids is 2. The third-order valence-electron chi connectivity index (χ3n) is 2.53. The van der Waals surface area contributed by atoms with Crippen molar-refractivity contribution in [3.8, 4) is 0 Å². The molecule has 0 aliphatic heterocycles. The van der Waals surface area contributed by atoms with Gasteiger partial charge in [0.05, 0.1) is 5.69 Å². The average molecular weight is 250 g/mol. The number of aryl methyl sites for hydroxylation is 1. The van der Waals surface area contributed by atoms with E-state index in [0.717, 1.165) is 11.3 Å². The largest absolute Gasteiger partial charge is 0.370 e. The molecule has 1 rings (SSSR count). The Balaban J connectivity index is 2.51. The maximum absolute atomic E-state index is 11.8. The first-order valence-electron chi connectivity index (χ1n) is 5.68. The highest BCUT2D eigenvalue weighted by molar-refractivity contribution is 5.94. The molecule has 6 nitrogen and oxygen atoms in total. The number of nitrogen functional groups attached to an aromatic ring is 1. The van der Waals surface area contributed by atoms with Crippen LogP contribution in [0, 0.1) is 6.92 Å². The minimum atomic E-state index is -0.363. The molecule has 1 aromatic rings. The second-order valence-electron chi connectivity index (χ2n) is 4.00. The number of hydrogen-bond donors (Lipinski definition) is 4. The van der Waals surface area contributed by atoms with Gasteiger partial charge in [0, 0.05) is 18.5 Å². The molecule has 2 amide bonds. The first-order chi connectivity index (χ1) is 8.54. The highest BCUT2D eigenvalue weighted by Gasteiger charge is 2.06. The molecule has 98 valence electrons. The van der Waals surface area contributed by atoms with Crippen molar-refractivity contribution in [2.75, 3.05) is 12.0 Å². The van der Waals surface area contributed by atoms with E-state index in [0.29, 0.717) is 18.5 Å². The van der Waals surface area contributed by atoms with Crippen LogP contribution < -0.4 is 22.3 Å². The molecule has 0 saturated heterocycles. The molecule has 1 aromatic carbocycles. The monoisotopic (exact) mass is 250 g/mol. The number of amides is 2. The van der Waals surface area contributed by atoms with Gasteiger partial charge in [-0.1, -0.05) is 0 Å². The van der Waals surface area contributed by atoms with Crippen LogP contribution >= 0.6 is 0 Å². The molecule has 0 unspecified atom stereocenters. The number of nitrogens with one attached hydrogen (secondary N) is 2. The summed E-state index contributed by atoms with van der Waals surface area (Å²) in [6.45, 7) is 2.29. The number of hydrogen-bond acceptors (Lipinski definition) is 4. The molecule has 0 aliphatic rings. The number of benzene rings is 1. The molecule has 0 fully saturated rings. The molecule has 0 aliphatic carbocycles. The molecule has 0 spiro atoms. The number of primary amides is 1. The number of rotatable bonds is 6. The molecule has 18 heavy (non-hydrogen) atoms. The number of hydrazine groups is 1. The normalized spacial score (nSPS) is 9.89. The van der Waals surface area contributed by atoms with Crippen LogP contribution in [0.5, 0.6) is 0 Å². The Morgan fingerprint density at radius 1 is 1.33 bits per heavy atom. The zero-order chi connectivity index (χ0) is 13.5. The van der Waals surface area contributed by atoms with Crippen LogP contribution in [-0.4, -0.2) is 18.4 Å². The van der Waals surface area contributed by atoms with Gasteiger partial charge in [-0.05, 0) is 37.1 Å². The lowest BCUT2D eigenvalue weighted by Gasteiger charge is -2.08. The van der Waals surface area contributed by atoms with Gasteiger partial charge in [-0.3, -0.25) is 15.4 Å². The van der Waals surface area contributed by atoms with Crippen LogP contribution in [0.25, 0.3) is 0 Å². The summed E-state index contributed by atoms with van der Waals surface area (Å²) in [5, 5.41) is 2.72. The van der Waals surface area contributed by atoms with E-state index in [1.165, 1.54) is 0 Å². The topological polar surface area (TPSA) is 110 Å². The molecule has 0 atom stereocenters. The third-order valence-corrected chi connectivity index (χ3v) is 2.53. The van der Waals surface area contributed by atoms with Crippen molar-refractivity contribution in [1.82, 2.24) is 5.32 Å². The van der Waals surface area contributed by atoms with Gasteiger partial charge in [-0.2, -0.15) is 0 Å². The van der Waals surface area contributed by atoms with Crippen LogP contribution in [0.2, 0.25) is 0 Å². The predicted molar refractivity (Wildman–Crippen MR) is 69.8 cm³/mol. The number of anilines is 1. The van der Waals surface area contributed by atoms with Crippen LogP contribution in [0.4, 0.5) is 5.69 Å². The van der Waals surface area contributed by atoms with Gasteiger partial charge < -0.3 is 16.5 Å². The molecule has 0 aromatic heterocycles. The van der Waals surface area contributed by atoms with E-state index in [2.05, 4.69) is 10.7 Å². The van der Waals surface area contributed by atoms with Gasteiger partial charge in [0.15, 0.2) is 0 Å². The van der Waals surface area contributed by atoms with E-state index < -0.39 is 0 Å². The van der Waals surface area contributed by atoms with Gasteiger partial charge in [0.1, 0.15) is 0 Å². The quantitative estimate of drug-likeness (QED) is 0.330. The fourth-order valence-electron chi connectivity index (χ4n) is 1.53. The fourth-order valence-corrected chi connectivity index (χ4v) is 1.53. The van der Waals surface area contributed by atoms with Gasteiger partial charge in [-0.25, -0.2) is 0 Å². The molecular formula is C12H18N4O2. The Bertz CT molecular complexity index is 446. The molecule has 0 radical (unpaired) electrons. The lowest BCUT2D eigenvalue weighted by molar-refractivity contribution is -0.118. The zero-order valence-electron chi connectivity index (χ0n) is 10.3. The first kappa shape index (κ1) is 14.0. The van der Waals surface area contributed by atoms with E-state index in [1.807, 2.05) is 6.92 Å². The Morgan fingerprint density at radius 2 is 2.06 bits per heavy atom. The summed E-state index contributed by atoms with van der Waals surface area (Å²) in [6, 6.07) is 5.18. The fraction of sp³-hybridized carbons (Fsp3) is 0.333. The van der Waals surface area contributed by atoms with E-state index in [-0.39, 0.29) is 18.2 Å². The van der Waals surface area contributed by atoms with E-state index in [1.54, 1.807) is 18.2 Å². The third kappa shape index (κ3) is 4.06. The van der Waals surface area contributed by atoms with Crippen LogP contribution in [0.1, 0.15) is 28.8 Å². The van der Waals surface area contributed by atoms with Crippen molar-refractivity contribution in [3.05, 3.63) is 29.3 Å². The number of carbonyl (C=O) groups is 2. The lowest BCUT2D eigenvalue weighted by atomic mass is 10.1. The molecule has 0 saturated carbocycles. The highest BCUT2D eigenvalue weighted by atomic mass is 16.2.